The second kappa shape index (κ2) is 7.70. The lowest BCUT2D eigenvalue weighted by atomic mass is 9.88. The molecule has 3 rings (SSSR count). The van der Waals surface area contributed by atoms with Gasteiger partial charge in [0, 0.05) is 51.6 Å². The van der Waals surface area contributed by atoms with Crippen molar-refractivity contribution in [3.63, 3.8) is 0 Å². The molecule has 3 heterocycles. The molecule has 7 nitrogen and oxygen atoms in total. The van der Waals surface area contributed by atoms with Crippen LogP contribution in [-0.2, 0) is 9.53 Å². The number of aromatic nitrogens is 2. The highest BCUT2D eigenvalue weighted by molar-refractivity contribution is 5.90. The summed E-state index contributed by atoms with van der Waals surface area (Å²) in [6.07, 6.45) is 6.42. The summed E-state index contributed by atoms with van der Waals surface area (Å²) in [6, 6.07) is 1.91. The lowest BCUT2D eigenvalue weighted by Crippen LogP contribution is -2.53. The monoisotopic (exact) mass is 332 g/mol. The number of piperidine rings is 1. The zero-order valence-electron chi connectivity index (χ0n) is 14.1. The molecule has 0 aromatic carbocycles. The van der Waals surface area contributed by atoms with Gasteiger partial charge < -0.3 is 14.5 Å². The third-order valence-electron chi connectivity index (χ3n) is 4.96. The molecular formula is C17H24N4O3. The summed E-state index contributed by atoms with van der Waals surface area (Å²) in [5.74, 6) is 0.658. The lowest BCUT2D eigenvalue weighted by molar-refractivity contribution is -0.135. The molecule has 0 bridgehead atoms. The molecule has 2 saturated heterocycles. The van der Waals surface area contributed by atoms with Gasteiger partial charge in [-0.2, -0.15) is 0 Å². The fourth-order valence-electron chi connectivity index (χ4n) is 3.77. The van der Waals surface area contributed by atoms with Gasteiger partial charge in [-0.25, -0.2) is 9.97 Å². The van der Waals surface area contributed by atoms with Crippen molar-refractivity contribution in [1.82, 2.24) is 19.8 Å². The summed E-state index contributed by atoms with van der Waals surface area (Å²) in [6.45, 7) is 2.48. The van der Waals surface area contributed by atoms with Gasteiger partial charge in [0.05, 0.1) is 6.61 Å². The van der Waals surface area contributed by atoms with Gasteiger partial charge in [-0.1, -0.05) is 0 Å². The molecule has 1 aromatic rings. The summed E-state index contributed by atoms with van der Waals surface area (Å²) in [7, 11) is 1.65. The molecule has 1 aromatic heterocycles. The first kappa shape index (κ1) is 16.8. The molecule has 0 N–H and O–H groups in total. The Morgan fingerprint density at radius 2 is 2.12 bits per heavy atom. The van der Waals surface area contributed by atoms with Crippen molar-refractivity contribution in [3.05, 3.63) is 24.3 Å². The summed E-state index contributed by atoms with van der Waals surface area (Å²) in [5.41, 5.74) is 0. The minimum atomic E-state index is -0.118. The Hall–Kier alpha value is -2.02. The smallest absolute Gasteiger partial charge is 0.291 e. The van der Waals surface area contributed by atoms with E-state index in [1.807, 2.05) is 9.80 Å². The van der Waals surface area contributed by atoms with Gasteiger partial charge in [0.1, 0.15) is 0 Å². The van der Waals surface area contributed by atoms with Crippen molar-refractivity contribution < 1.29 is 14.3 Å². The largest absolute Gasteiger partial charge is 0.383 e. The van der Waals surface area contributed by atoms with Crippen LogP contribution in [0.25, 0.3) is 0 Å². The summed E-state index contributed by atoms with van der Waals surface area (Å²) in [5, 5.41) is 0. The Morgan fingerprint density at radius 1 is 1.33 bits per heavy atom. The second-order valence-electron chi connectivity index (χ2n) is 6.41. The summed E-state index contributed by atoms with van der Waals surface area (Å²) < 4.78 is 5.16. The molecule has 130 valence electrons. The average molecular weight is 332 g/mol. The molecule has 7 heteroatoms. The van der Waals surface area contributed by atoms with Gasteiger partial charge in [0.2, 0.25) is 11.7 Å². The van der Waals surface area contributed by atoms with E-state index in [-0.39, 0.29) is 23.7 Å². The molecule has 24 heavy (non-hydrogen) atoms. The number of hydrogen-bond donors (Lipinski definition) is 0. The third kappa shape index (κ3) is 3.56. The Labute approximate surface area is 142 Å². The number of ether oxygens (including phenoxy) is 1. The standard InChI is InChI=1S/C17H24N4O3/c1-24-11-10-21-14-6-9-20(12-13(14)4-2-5-15(21)22)17(23)16-18-7-3-8-19-16/h3,7-8,13-14H,2,4-6,9-12H2,1H3/t13-,14+/m0/s1. The van der Waals surface area contributed by atoms with E-state index in [2.05, 4.69) is 9.97 Å². The first-order valence-electron chi connectivity index (χ1n) is 8.55. The van der Waals surface area contributed by atoms with E-state index in [1.54, 1.807) is 25.6 Å². The van der Waals surface area contributed by atoms with Crippen LogP contribution >= 0.6 is 0 Å². The van der Waals surface area contributed by atoms with Crippen LogP contribution in [0.15, 0.2) is 18.5 Å². The Balaban J connectivity index is 1.70. The number of nitrogens with zero attached hydrogens (tertiary/aromatic N) is 4. The highest BCUT2D eigenvalue weighted by Crippen LogP contribution is 2.30. The zero-order valence-corrected chi connectivity index (χ0v) is 14.1. The van der Waals surface area contributed by atoms with Crippen molar-refractivity contribution in [1.29, 1.82) is 0 Å². The predicted octanol–water partition coefficient (Wildman–Crippen LogP) is 0.966. The van der Waals surface area contributed by atoms with E-state index in [0.29, 0.717) is 38.6 Å². The molecule has 0 spiro atoms. The van der Waals surface area contributed by atoms with E-state index < -0.39 is 0 Å². The molecule has 2 fully saturated rings. The van der Waals surface area contributed by atoms with Crippen LogP contribution in [0.3, 0.4) is 0 Å². The van der Waals surface area contributed by atoms with E-state index in [9.17, 15) is 9.59 Å². The predicted molar refractivity (Wildman–Crippen MR) is 87.3 cm³/mol. The maximum Gasteiger partial charge on any atom is 0.291 e. The van der Waals surface area contributed by atoms with Crippen LogP contribution in [0, 0.1) is 5.92 Å². The highest BCUT2D eigenvalue weighted by atomic mass is 16.5. The fourth-order valence-corrected chi connectivity index (χ4v) is 3.77. The topological polar surface area (TPSA) is 75.6 Å². The van der Waals surface area contributed by atoms with Gasteiger partial charge in [0.15, 0.2) is 0 Å². The summed E-state index contributed by atoms with van der Waals surface area (Å²) in [4.78, 5) is 36.9. The van der Waals surface area contributed by atoms with Crippen LogP contribution in [0.2, 0.25) is 0 Å². The van der Waals surface area contributed by atoms with Crippen molar-refractivity contribution in [3.8, 4) is 0 Å². The lowest BCUT2D eigenvalue weighted by Gasteiger charge is -2.42. The average Bonchev–Trinajstić information content (AvgIpc) is 2.78. The minimum Gasteiger partial charge on any atom is -0.383 e. The first-order valence-corrected chi connectivity index (χ1v) is 8.55. The van der Waals surface area contributed by atoms with Crippen molar-refractivity contribution in [2.24, 2.45) is 5.92 Å². The van der Waals surface area contributed by atoms with Gasteiger partial charge in [0.25, 0.3) is 5.91 Å². The molecule has 2 amide bonds. The van der Waals surface area contributed by atoms with E-state index in [4.69, 9.17) is 4.74 Å². The number of likely N-dealkylation sites (tertiary alicyclic amines) is 2. The number of fused-ring (bicyclic) bond motifs is 1. The molecule has 2 aliphatic rings. The second-order valence-corrected chi connectivity index (χ2v) is 6.41. The van der Waals surface area contributed by atoms with Crippen LogP contribution in [0.1, 0.15) is 36.3 Å². The molecule has 2 aliphatic heterocycles. The maximum absolute atomic E-state index is 12.6. The van der Waals surface area contributed by atoms with Gasteiger partial charge in [-0.15, -0.1) is 0 Å². The third-order valence-corrected chi connectivity index (χ3v) is 4.96. The number of amides is 2. The van der Waals surface area contributed by atoms with Crippen molar-refractivity contribution in [2.45, 2.75) is 31.7 Å². The summed E-state index contributed by atoms with van der Waals surface area (Å²) >= 11 is 0. The van der Waals surface area contributed by atoms with E-state index in [1.165, 1.54) is 0 Å². The molecule has 0 unspecified atom stereocenters. The number of hydrogen-bond acceptors (Lipinski definition) is 5. The SMILES string of the molecule is COCCN1C(=O)CCC[C@H]2CN(C(=O)c3ncccn3)CC[C@H]21. The highest BCUT2D eigenvalue weighted by Gasteiger charge is 2.38. The zero-order chi connectivity index (χ0) is 16.9. The Morgan fingerprint density at radius 3 is 2.88 bits per heavy atom. The molecule has 0 aliphatic carbocycles. The van der Waals surface area contributed by atoms with Crippen molar-refractivity contribution >= 4 is 11.8 Å². The maximum atomic E-state index is 12.6. The molecule has 0 saturated carbocycles. The van der Waals surface area contributed by atoms with Crippen molar-refractivity contribution in [2.75, 3.05) is 33.4 Å². The Bertz CT molecular complexity index is 580. The van der Waals surface area contributed by atoms with E-state index in [0.717, 1.165) is 19.3 Å². The van der Waals surface area contributed by atoms with Gasteiger partial charge in [-0.3, -0.25) is 9.59 Å². The minimum absolute atomic E-state index is 0.118. The number of methoxy groups -OCH3 is 1. The number of rotatable bonds is 4. The fraction of sp³-hybridized carbons (Fsp3) is 0.647. The first-order chi connectivity index (χ1) is 11.7. The molecule has 0 radical (unpaired) electrons. The quantitative estimate of drug-likeness (QED) is 0.821. The van der Waals surface area contributed by atoms with Gasteiger partial charge in [-0.05, 0) is 31.2 Å². The van der Waals surface area contributed by atoms with Crippen LogP contribution in [-0.4, -0.2) is 71.0 Å². The number of carbonyl (C=O) groups is 2. The van der Waals surface area contributed by atoms with Gasteiger partial charge >= 0.3 is 0 Å². The molecule has 2 atom stereocenters. The Kier molecular flexibility index (Phi) is 5.40. The normalized spacial score (nSPS) is 24.5. The van der Waals surface area contributed by atoms with Crippen LogP contribution in [0.4, 0.5) is 0 Å². The van der Waals surface area contributed by atoms with Crippen LogP contribution < -0.4 is 0 Å². The van der Waals surface area contributed by atoms with Crippen LogP contribution in [0.5, 0.6) is 0 Å². The van der Waals surface area contributed by atoms with E-state index >= 15 is 0 Å². The number of carbonyl (C=O) groups excluding carboxylic acids is 2. The molecular weight excluding hydrogens is 308 g/mol.